The predicted octanol–water partition coefficient (Wildman–Crippen LogP) is 4.43. The van der Waals surface area contributed by atoms with Gasteiger partial charge in [0.05, 0.1) is 17.7 Å². The van der Waals surface area contributed by atoms with E-state index in [4.69, 9.17) is 25.5 Å². The van der Waals surface area contributed by atoms with Crippen molar-refractivity contribution in [2.75, 3.05) is 19.9 Å². The second kappa shape index (κ2) is 11.0. The van der Waals surface area contributed by atoms with Gasteiger partial charge in [-0.3, -0.25) is 19.7 Å². The van der Waals surface area contributed by atoms with E-state index in [9.17, 15) is 19.7 Å². The fourth-order valence-electron chi connectivity index (χ4n) is 3.69. The Morgan fingerprint density at radius 2 is 1.89 bits per heavy atom. The standard InChI is InChI=1S/C25H22ClN3O7/c1-2-9-27(25(31)18-6-7-20(26)21(12-18)29(32)33)15-24(30)28(14-19-4-3-10-34-19)13-17-5-8-22-23(11-17)36-16-35-22/h2-8,10-12H,1,9,13-16H2. The number of fused-ring (bicyclic) bond motifs is 1. The molecule has 0 spiro atoms. The Morgan fingerprint density at radius 3 is 2.61 bits per heavy atom. The minimum atomic E-state index is -0.668. The maximum atomic E-state index is 13.4. The smallest absolute Gasteiger partial charge is 0.288 e. The minimum absolute atomic E-state index is 0.0362. The van der Waals surface area contributed by atoms with E-state index in [2.05, 4.69) is 6.58 Å². The van der Waals surface area contributed by atoms with Gasteiger partial charge in [-0.15, -0.1) is 6.58 Å². The number of amides is 2. The van der Waals surface area contributed by atoms with Gasteiger partial charge < -0.3 is 23.7 Å². The lowest BCUT2D eigenvalue weighted by Gasteiger charge is -2.27. The van der Waals surface area contributed by atoms with Crippen molar-refractivity contribution in [1.82, 2.24) is 9.80 Å². The van der Waals surface area contributed by atoms with Gasteiger partial charge in [0, 0.05) is 24.7 Å². The number of rotatable bonds is 10. The van der Waals surface area contributed by atoms with Gasteiger partial charge in [0.25, 0.3) is 11.6 Å². The van der Waals surface area contributed by atoms with Gasteiger partial charge in [0.1, 0.15) is 17.3 Å². The average molecular weight is 512 g/mol. The van der Waals surface area contributed by atoms with E-state index in [1.165, 1.54) is 29.4 Å². The number of nitro groups is 1. The Kier molecular flexibility index (Phi) is 7.55. The first-order valence-corrected chi connectivity index (χ1v) is 11.3. The highest BCUT2D eigenvalue weighted by Gasteiger charge is 2.25. The predicted molar refractivity (Wildman–Crippen MR) is 130 cm³/mol. The summed E-state index contributed by atoms with van der Waals surface area (Å²) in [5.41, 5.74) is 0.442. The SMILES string of the molecule is C=CCN(CC(=O)N(Cc1ccc2c(c1)OCO2)Cc1ccco1)C(=O)c1ccc(Cl)c([N+](=O)[O-])c1. The minimum Gasteiger partial charge on any atom is -0.467 e. The van der Waals surface area contributed by atoms with Crippen LogP contribution >= 0.6 is 11.6 Å². The maximum absolute atomic E-state index is 13.4. The van der Waals surface area contributed by atoms with E-state index in [0.717, 1.165) is 11.6 Å². The molecule has 3 aromatic rings. The van der Waals surface area contributed by atoms with Crippen LogP contribution in [-0.4, -0.2) is 46.4 Å². The van der Waals surface area contributed by atoms with Crippen molar-refractivity contribution in [3.63, 3.8) is 0 Å². The molecule has 0 saturated heterocycles. The topological polar surface area (TPSA) is 115 Å². The number of hydrogen-bond acceptors (Lipinski definition) is 7. The van der Waals surface area contributed by atoms with Crippen LogP contribution < -0.4 is 9.47 Å². The third-order valence-corrected chi connectivity index (χ3v) is 5.76. The number of hydrogen-bond donors (Lipinski definition) is 0. The van der Waals surface area contributed by atoms with Crippen LogP contribution in [0.3, 0.4) is 0 Å². The molecule has 0 unspecified atom stereocenters. The summed E-state index contributed by atoms with van der Waals surface area (Å²) >= 11 is 5.87. The molecule has 11 heteroatoms. The molecule has 1 aliphatic rings. The molecule has 0 aliphatic carbocycles. The Balaban J connectivity index is 1.55. The molecule has 4 rings (SSSR count). The van der Waals surface area contributed by atoms with Gasteiger partial charge in [-0.1, -0.05) is 23.7 Å². The molecule has 36 heavy (non-hydrogen) atoms. The Hall–Kier alpha value is -4.31. The molecular weight excluding hydrogens is 490 g/mol. The van der Waals surface area contributed by atoms with Crippen molar-refractivity contribution >= 4 is 29.1 Å². The van der Waals surface area contributed by atoms with Gasteiger partial charge in [-0.05, 0) is 42.0 Å². The third kappa shape index (κ3) is 5.66. The summed E-state index contributed by atoms with van der Waals surface area (Å²) in [6, 6.07) is 12.6. The first-order chi connectivity index (χ1) is 17.4. The van der Waals surface area contributed by atoms with Crippen molar-refractivity contribution < 1.29 is 28.4 Å². The van der Waals surface area contributed by atoms with Crippen LogP contribution in [0.25, 0.3) is 0 Å². The fraction of sp³-hybridized carbons (Fsp3) is 0.200. The molecule has 0 radical (unpaired) electrons. The first-order valence-electron chi connectivity index (χ1n) is 10.9. The number of nitro benzene ring substituents is 1. The molecule has 0 N–H and O–H groups in total. The lowest BCUT2D eigenvalue weighted by Crippen LogP contribution is -2.42. The zero-order valence-electron chi connectivity index (χ0n) is 19.1. The molecule has 0 fully saturated rings. The second-order valence-corrected chi connectivity index (χ2v) is 8.32. The lowest BCUT2D eigenvalue weighted by atomic mass is 10.1. The number of nitrogens with zero attached hydrogens (tertiary/aromatic N) is 3. The zero-order valence-corrected chi connectivity index (χ0v) is 19.8. The summed E-state index contributed by atoms with van der Waals surface area (Å²) in [7, 11) is 0. The Bertz CT molecular complexity index is 1290. The van der Waals surface area contributed by atoms with E-state index in [1.54, 1.807) is 29.2 Å². The number of halogens is 1. The monoisotopic (exact) mass is 511 g/mol. The molecule has 186 valence electrons. The van der Waals surface area contributed by atoms with E-state index < -0.39 is 16.5 Å². The highest BCUT2D eigenvalue weighted by molar-refractivity contribution is 6.32. The molecule has 1 aromatic heterocycles. The third-order valence-electron chi connectivity index (χ3n) is 5.44. The van der Waals surface area contributed by atoms with E-state index >= 15 is 0 Å². The number of carbonyl (C=O) groups is 2. The maximum Gasteiger partial charge on any atom is 0.288 e. The molecular formula is C25H22ClN3O7. The van der Waals surface area contributed by atoms with Crippen molar-refractivity contribution in [3.05, 3.63) is 99.5 Å². The molecule has 0 bridgehead atoms. The van der Waals surface area contributed by atoms with Crippen LogP contribution in [0.4, 0.5) is 5.69 Å². The van der Waals surface area contributed by atoms with Crippen LogP contribution in [0.5, 0.6) is 11.5 Å². The lowest BCUT2D eigenvalue weighted by molar-refractivity contribution is -0.384. The number of ether oxygens (including phenoxy) is 2. The van der Waals surface area contributed by atoms with Gasteiger partial charge in [0.2, 0.25) is 12.7 Å². The number of carbonyl (C=O) groups excluding carboxylic acids is 2. The van der Waals surface area contributed by atoms with Crippen LogP contribution in [-0.2, 0) is 17.9 Å². The highest BCUT2D eigenvalue weighted by Crippen LogP contribution is 2.33. The second-order valence-electron chi connectivity index (χ2n) is 7.91. The zero-order chi connectivity index (χ0) is 25.7. The summed E-state index contributed by atoms with van der Waals surface area (Å²) in [6.07, 6.45) is 2.99. The van der Waals surface area contributed by atoms with Crippen LogP contribution in [0.1, 0.15) is 21.7 Å². The molecule has 2 aromatic carbocycles. The van der Waals surface area contributed by atoms with Crippen LogP contribution in [0, 0.1) is 10.1 Å². The Morgan fingerprint density at radius 1 is 1.08 bits per heavy atom. The van der Waals surface area contributed by atoms with Gasteiger partial charge >= 0.3 is 0 Å². The number of furan rings is 1. The molecule has 2 heterocycles. The summed E-state index contributed by atoms with van der Waals surface area (Å²) in [4.78, 5) is 40.0. The molecule has 0 saturated carbocycles. The average Bonchev–Trinajstić information content (AvgIpc) is 3.54. The van der Waals surface area contributed by atoms with Crippen LogP contribution in [0.15, 0.2) is 71.9 Å². The van der Waals surface area contributed by atoms with Crippen molar-refractivity contribution in [1.29, 1.82) is 0 Å². The van der Waals surface area contributed by atoms with Gasteiger partial charge in [-0.25, -0.2) is 0 Å². The largest absolute Gasteiger partial charge is 0.467 e. The summed E-state index contributed by atoms with van der Waals surface area (Å²) < 4.78 is 16.2. The summed E-state index contributed by atoms with van der Waals surface area (Å²) in [5, 5.41) is 11.2. The van der Waals surface area contributed by atoms with E-state index in [-0.39, 0.29) is 49.5 Å². The first kappa shape index (κ1) is 24.8. The normalized spacial score (nSPS) is 11.7. The molecule has 2 amide bonds. The van der Waals surface area contributed by atoms with E-state index in [1.807, 2.05) is 6.07 Å². The molecule has 1 aliphatic heterocycles. The van der Waals surface area contributed by atoms with Crippen molar-refractivity contribution in [2.45, 2.75) is 13.1 Å². The summed E-state index contributed by atoms with van der Waals surface area (Å²) in [6.45, 7) is 3.96. The van der Waals surface area contributed by atoms with Crippen molar-refractivity contribution in [2.24, 2.45) is 0 Å². The number of benzene rings is 2. The molecule has 0 atom stereocenters. The molecule has 10 nitrogen and oxygen atoms in total. The highest BCUT2D eigenvalue weighted by atomic mass is 35.5. The van der Waals surface area contributed by atoms with Crippen LogP contribution in [0.2, 0.25) is 5.02 Å². The van der Waals surface area contributed by atoms with Crippen molar-refractivity contribution in [3.8, 4) is 11.5 Å². The summed E-state index contributed by atoms with van der Waals surface area (Å²) in [5.74, 6) is 0.860. The Labute approximate surface area is 211 Å². The van der Waals surface area contributed by atoms with Gasteiger partial charge in [-0.2, -0.15) is 0 Å². The fourth-order valence-corrected chi connectivity index (χ4v) is 3.88. The van der Waals surface area contributed by atoms with Gasteiger partial charge in [0.15, 0.2) is 11.5 Å². The quantitative estimate of drug-likeness (QED) is 0.224. The van der Waals surface area contributed by atoms with E-state index in [0.29, 0.717) is 17.3 Å².